The molecule has 0 unspecified atom stereocenters. The second-order valence-electron chi connectivity index (χ2n) is 6.55. The number of carbonyl (C=O) groups is 2. The number of amides is 1. The van der Waals surface area contributed by atoms with Crippen molar-refractivity contribution < 1.29 is 14.3 Å². The van der Waals surface area contributed by atoms with E-state index >= 15 is 0 Å². The zero-order valence-electron chi connectivity index (χ0n) is 14.8. The smallest absolute Gasteiger partial charge is 0.328 e. The lowest BCUT2D eigenvalue weighted by Gasteiger charge is -2.40. The number of nitrogens with one attached hydrogen (secondary N) is 1. The van der Waals surface area contributed by atoms with Crippen molar-refractivity contribution in [2.24, 2.45) is 0 Å². The van der Waals surface area contributed by atoms with E-state index < -0.39 is 18.1 Å². The van der Waals surface area contributed by atoms with Crippen LogP contribution in [-0.4, -0.2) is 40.8 Å². The summed E-state index contributed by atoms with van der Waals surface area (Å²) in [6, 6.07) is 16.5. The zero-order valence-corrected chi connectivity index (χ0v) is 15.6. The van der Waals surface area contributed by atoms with Crippen molar-refractivity contribution in [2.75, 3.05) is 13.0 Å². The van der Waals surface area contributed by atoms with Gasteiger partial charge in [0.15, 0.2) is 0 Å². The van der Waals surface area contributed by atoms with E-state index in [0.29, 0.717) is 6.42 Å². The Kier molecular flexibility index (Phi) is 4.62. The first-order valence-electron chi connectivity index (χ1n) is 8.75. The molecule has 2 atom stereocenters. The number of ether oxygens (including phenoxy) is 1. The average molecular weight is 383 g/mol. The first kappa shape index (κ1) is 17.6. The molecule has 0 spiro atoms. The van der Waals surface area contributed by atoms with E-state index in [-0.39, 0.29) is 11.8 Å². The molecule has 4 rings (SSSR count). The summed E-state index contributed by atoms with van der Waals surface area (Å²) in [7, 11) is 1.34. The number of hydrogen-bond donors (Lipinski definition) is 1. The van der Waals surface area contributed by atoms with Gasteiger partial charge in [-0.3, -0.25) is 4.79 Å². The Morgan fingerprint density at radius 3 is 2.56 bits per heavy atom. The van der Waals surface area contributed by atoms with Gasteiger partial charge in [-0.1, -0.05) is 48.5 Å². The maximum atomic E-state index is 12.8. The maximum absolute atomic E-state index is 12.8. The highest BCUT2D eigenvalue weighted by Crippen LogP contribution is 2.41. The highest BCUT2D eigenvalue weighted by Gasteiger charge is 2.43. The Bertz CT molecular complexity index is 999. The average Bonchev–Trinajstić information content (AvgIpc) is 3.10. The summed E-state index contributed by atoms with van der Waals surface area (Å²) in [6.07, 6.45) is 0.387. The Labute approximate surface area is 161 Å². The number of para-hydroxylation sites is 1. The van der Waals surface area contributed by atoms with Crippen molar-refractivity contribution in [1.82, 2.24) is 9.88 Å². The number of H-pyrrole nitrogens is 1. The lowest BCUT2D eigenvalue weighted by Crippen LogP contribution is -2.52. The van der Waals surface area contributed by atoms with Crippen molar-refractivity contribution in [3.63, 3.8) is 0 Å². The molecule has 0 radical (unpaired) electrons. The van der Waals surface area contributed by atoms with Gasteiger partial charge < -0.3 is 14.6 Å². The zero-order chi connectivity index (χ0) is 19.0. The number of aromatic amines is 1. The minimum Gasteiger partial charge on any atom is -0.467 e. The predicted molar refractivity (Wildman–Crippen MR) is 104 cm³/mol. The summed E-state index contributed by atoms with van der Waals surface area (Å²) in [5, 5.41) is 1.06. The third-order valence-corrected chi connectivity index (χ3v) is 5.35. The molecular formula is C21H19ClN2O3. The van der Waals surface area contributed by atoms with Crippen molar-refractivity contribution in [1.29, 1.82) is 0 Å². The monoisotopic (exact) mass is 382 g/mol. The number of benzene rings is 2. The van der Waals surface area contributed by atoms with Crippen LogP contribution in [0.15, 0.2) is 54.6 Å². The molecule has 6 heteroatoms. The van der Waals surface area contributed by atoms with Crippen LogP contribution in [-0.2, 0) is 20.7 Å². The minimum atomic E-state index is -0.724. The molecule has 27 heavy (non-hydrogen) atoms. The number of halogens is 1. The van der Waals surface area contributed by atoms with Crippen molar-refractivity contribution >= 4 is 34.4 Å². The molecule has 2 heterocycles. The van der Waals surface area contributed by atoms with Crippen LogP contribution in [0.2, 0.25) is 0 Å². The molecule has 2 aromatic carbocycles. The SMILES string of the molecule is COC(=O)[C@@H]1Cc2c([nH]c3ccccc23)[C@H](c2ccccc2)N1C(=O)CCl. The summed E-state index contributed by atoms with van der Waals surface area (Å²) >= 11 is 5.90. The van der Waals surface area contributed by atoms with Crippen LogP contribution in [0.3, 0.4) is 0 Å². The third kappa shape index (κ3) is 2.88. The summed E-state index contributed by atoms with van der Waals surface area (Å²) in [6.45, 7) is 0. The van der Waals surface area contributed by atoms with Gasteiger partial charge in [0.2, 0.25) is 5.91 Å². The van der Waals surface area contributed by atoms with Gasteiger partial charge in [0, 0.05) is 23.0 Å². The molecule has 1 N–H and O–H groups in total. The molecule has 1 aliphatic rings. The Balaban J connectivity index is 1.98. The maximum Gasteiger partial charge on any atom is 0.328 e. The largest absolute Gasteiger partial charge is 0.467 e. The Morgan fingerprint density at radius 2 is 1.85 bits per heavy atom. The second-order valence-corrected chi connectivity index (χ2v) is 6.82. The first-order chi connectivity index (χ1) is 13.2. The number of nitrogens with zero attached hydrogens (tertiary/aromatic N) is 1. The molecule has 3 aromatic rings. The van der Waals surface area contributed by atoms with E-state index in [0.717, 1.165) is 27.7 Å². The van der Waals surface area contributed by atoms with Crippen molar-refractivity contribution in [2.45, 2.75) is 18.5 Å². The summed E-state index contributed by atoms with van der Waals surface area (Å²) < 4.78 is 5.02. The molecule has 5 nitrogen and oxygen atoms in total. The molecule has 1 aliphatic heterocycles. The van der Waals surface area contributed by atoms with Gasteiger partial charge in [-0.2, -0.15) is 0 Å². The van der Waals surface area contributed by atoms with Crippen LogP contribution in [0.5, 0.6) is 0 Å². The second kappa shape index (κ2) is 7.08. The van der Waals surface area contributed by atoms with Gasteiger partial charge in [-0.05, 0) is 17.2 Å². The Hall–Kier alpha value is -2.79. The minimum absolute atomic E-state index is 0.202. The van der Waals surface area contributed by atoms with Gasteiger partial charge in [0.25, 0.3) is 0 Å². The number of esters is 1. The topological polar surface area (TPSA) is 62.4 Å². The van der Waals surface area contributed by atoms with Crippen LogP contribution >= 0.6 is 11.6 Å². The summed E-state index contributed by atoms with van der Waals surface area (Å²) in [4.78, 5) is 30.4. The van der Waals surface area contributed by atoms with E-state index in [4.69, 9.17) is 16.3 Å². The number of carbonyl (C=O) groups excluding carboxylic acids is 2. The van der Waals surface area contributed by atoms with Crippen LogP contribution in [0, 0.1) is 0 Å². The fraction of sp³-hybridized carbons (Fsp3) is 0.238. The van der Waals surface area contributed by atoms with Crippen LogP contribution < -0.4 is 0 Å². The van der Waals surface area contributed by atoms with Crippen molar-refractivity contribution in [3.8, 4) is 0 Å². The fourth-order valence-electron chi connectivity index (χ4n) is 3.97. The number of alkyl halides is 1. The molecule has 1 aromatic heterocycles. The molecule has 0 saturated heterocycles. The molecule has 0 bridgehead atoms. The fourth-order valence-corrected chi connectivity index (χ4v) is 4.11. The molecule has 0 fully saturated rings. The molecule has 0 saturated carbocycles. The highest BCUT2D eigenvalue weighted by atomic mass is 35.5. The van der Waals surface area contributed by atoms with Crippen molar-refractivity contribution in [3.05, 3.63) is 71.4 Å². The summed E-state index contributed by atoms with van der Waals surface area (Å²) in [5.74, 6) is -0.942. The third-order valence-electron chi connectivity index (χ3n) is 5.12. The normalized spacial score (nSPS) is 19.0. The number of aromatic nitrogens is 1. The van der Waals surface area contributed by atoms with E-state index in [9.17, 15) is 9.59 Å². The van der Waals surface area contributed by atoms with Gasteiger partial charge >= 0.3 is 5.97 Å². The lowest BCUT2D eigenvalue weighted by molar-refractivity contribution is -0.154. The highest BCUT2D eigenvalue weighted by molar-refractivity contribution is 6.27. The molecule has 138 valence electrons. The van der Waals surface area contributed by atoms with E-state index in [1.807, 2.05) is 54.6 Å². The first-order valence-corrected chi connectivity index (χ1v) is 9.28. The van der Waals surface area contributed by atoms with Crippen LogP contribution in [0.25, 0.3) is 10.9 Å². The number of rotatable bonds is 3. The van der Waals surface area contributed by atoms with E-state index in [1.54, 1.807) is 4.90 Å². The Morgan fingerprint density at radius 1 is 1.15 bits per heavy atom. The lowest BCUT2D eigenvalue weighted by atomic mass is 9.88. The number of fused-ring (bicyclic) bond motifs is 3. The number of methoxy groups -OCH3 is 1. The van der Waals surface area contributed by atoms with E-state index in [1.165, 1.54) is 7.11 Å². The predicted octanol–water partition coefficient (Wildman–Crippen LogP) is 3.42. The van der Waals surface area contributed by atoms with Crippen LogP contribution in [0.1, 0.15) is 22.9 Å². The summed E-state index contributed by atoms with van der Waals surface area (Å²) in [5.41, 5.74) is 3.85. The van der Waals surface area contributed by atoms with Gasteiger partial charge in [-0.25, -0.2) is 4.79 Å². The molecular weight excluding hydrogens is 364 g/mol. The van der Waals surface area contributed by atoms with Gasteiger partial charge in [0.05, 0.1) is 13.2 Å². The number of hydrogen-bond acceptors (Lipinski definition) is 3. The quantitative estimate of drug-likeness (QED) is 0.557. The van der Waals surface area contributed by atoms with Crippen LogP contribution in [0.4, 0.5) is 0 Å². The molecule has 1 amide bonds. The molecule has 0 aliphatic carbocycles. The van der Waals surface area contributed by atoms with E-state index in [2.05, 4.69) is 4.98 Å². The standard InChI is InChI=1S/C21H19ClN2O3/c1-27-21(26)17-11-15-14-9-5-6-10-16(14)23-19(15)20(24(17)18(25)12-22)13-7-3-2-4-8-13/h2-10,17,20,23H,11-12H2,1H3/t17-,20-/m0/s1. The van der Waals surface area contributed by atoms with Gasteiger partial charge in [-0.15, -0.1) is 11.6 Å². The van der Waals surface area contributed by atoms with Gasteiger partial charge in [0.1, 0.15) is 11.9 Å².